The average molecular weight is 458 g/mol. The van der Waals surface area contributed by atoms with E-state index >= 15 is 0 Å². The number of carbonyl (C=O) groups excluding carboxylic acids is 2. The van der Waals surface area contributed by atoms with Crippen LogP contribution in [0, 0.1) is 0 Å². The minimum Gasteiger partial charge on any atom is -0.497 e. The van der Waals surface area contributed by atoms with E-state index in [2.05, 4.69) is 15.8 Å². The zero-order valence-corrected chi connectivity index (χ0v) is 19.2. The molecule has 0 unspecified atom stereocenters. The van der Waals surface area contributed by atoms with Gasteiger partial charge in [0.15, 0.2) is 0 Å². The fourth-order valence-corrected chi connectivity index (χ4v) is 2.90. The highest BCUT2D eigenvalue weighted by Crippen LogP contribution is 2.15. The van der Waals surface area contributed by atoms with Crippen LogP contribution >= 0.6 is 0 Å². The maximum Gasteiger partial charge on any atom is 0.287 e. The third-order valence-corrected chi connectivity index (χ3v) is 4.69. The van der Waals surface area contributed by atoms with Crippen LogP contribution in [0.2, 0.25) is 0 Å². The van der Waals surface area contributed by atoms with Crippen molar-refractivity contribution in [3.8, 4) is 11.5 Å². The second-order valence-electron chi connectivity index (χ2n) is 7.27. The van der Waals surface area contributed by atoms with Crippen molar-refractivity contribution >= 4 is 24.1 Å². The molecule has 0 heterocycles. The number of ether oxygens (including phenoxy) is 2. The maximum atomic E-state index is 12.9. The standard InChI is InChI=1S/C27H27N3O4/c1-3-17-34-24-15-9-20(10-16-24)18-25(29-26(31)22-7-5-4-6-8-22)27(32)30-28-19-21-11-13-23(33-2)14-12-21/h4-16,18-19H,3,17H2,1-2H3,(H,29,31)(H,30,32). The molecule has 3 aromatic carbocycles. The minimum absolute atomic E-state index is 0.0583. The Bertz CT molecular complexity index is 1140. The van der Waals surface area contributed by atoms with Gasteiger partial charge in [-0.15, -0.1) is 0 Å². The van der Waals surface area contributed by atoms with Crippen LogP contribution in [-0.4, -0.2) is 31.7 Å². The molecule has 0 bridgehead atoms. The number of hydrazone groups is 1. The monoisotopic (exact) mass is 457 g/mol. The van der Waals surface area contributed by atoms with Crippen molar-refractivity contribution in [2.24, 2.45) is 5.10 Å². The molecule has 7 nitrogen and oxygen atoms in total. The van der Waals surface area contributed by atoms with Gasteiger partial charge in [-0.05, 0) is 72.2 Å². The summed E-state index contributed by atoms with van der Waals surface area (Å²) in [5.41, 5.74) is 4.47. The van der Waals surface area contributed by atoms with Crippen molar-refractivity contribution in [2.75, 3.05) is 13.7 Å². The van der Waals surface area contributed by atoms with E-state index in [9.17, 15) is 9.59 Å². The molecule has 0 saturated carbocycles. The molecular formula is C27H27N3O4. The first-order chi connectivity index (χ1) is 16.6. The number of hydrogen-bond acceptors (Lipinski definition) is 5. The quantitative estimate of drug-likeness (QED) is 0.268. The van der Waals surface area contributed by atoms with Gasteiger partial charge >= 0.3 is 0 Å². The van der Waals surface area contributed by atoms with Crippen LogP contribution in [0.15, 0.2) is 89.7 Å². The summed E-state index contributed by atoms with van der Waals surface area (Å²) >= 11 is 0. The Balaban J connectivity index is 1.76. The largest absolute Gasteiger partial charge is 0.497 e. The Morgan fingerprint density at radius 3 is 2.18 bits per heavy atom. The first-order valence-electron chi connectivity index (χ1n) is 10.9. The molecule has 0 aliphatic heterocycles. The SMILES string of the molecule is CCCOc1ccc(C=C(NC(=O)c2ccccc2)C(=O)NN=Cc2ccc(OC)cc2)cc1. The van der Waals surface area contributed by atoms with Gasteiger partial charge in [-0.1, -0.05) is 37.3 Å². The van der Waals surface area contributed by atoms with Gasteiger partial charge in [0.1, 0.15) is 17.2 Å². The highest BCUT2D eigenvalue weighted by atomic mass is 16.5. The summed E-state index contributed by atoms with van der Waals surface area (Å²) in [4.78, 5) is 25.5. The zero-order valence-electron chi connectivity index (χ0n) is 19.2. The van der Waals surface area contributed by atoms with Gasteiger partial charge < -0.3 is 14.8 Å². The van der Waals surface area contributed by atoms with Gasteiger partial charge in [-0.2, -0.15) is 5.10 Å². The topological polar surface area (TPSA) is 89.0 Å². The molecule has 0 fully saturated rings. The van der Waals surface area contributed by atoms with E-state index in [-0.39, 0.29) is 5.70 Å². The van der Waals surface area contributed by atoms with Crippen molar-refractivity contribution in [3.05, 3.63) is 101 Å². The van der Waals surface area contributed by atoms with Crippen molar-refractivity contribution in [1.29, 1.82) is 0 Å². The molecule has 3 aromatic rings. The van der Waals surface area contributed by atoms with E-state index in [0.717, 1.165) is 29.0 Å². The molecule has 174 valence electrons. The lowest BCUT2D eigenvalue weighted by atomic mass is 10.1. The molecule has 0 radical (unpaired) electrons. The summed E-state index contributed by atoms with van der Waals surface area (Å²) in [5.74, 6) is 0.507. The molecular weight excluding hydrogens is 430 g/mol. The summed E-state index contributed by atoms with van der Waals surface area (Å²) in [6.45, 7) is 2.66. The third kappa shape index (κ3) is 7.34. The minimum atomic E-state index is -0.555. The molecule has 0 spiro atoms. The molecule has 7 heteroatoms. The first kappa shape index (κ1) is 24.3. The summed E-state index contributed by atoms with van der Waals surface area (Å²) in [5, 5.41) is 6.69. The van der Waals surface area contributed by atoms with Gasteiger partial charge in [0.25, 0.3) is 11.8 Å². The number of carbonyl (C=O) groups is 2. The van der Waals surface area contributed by atoms with Crippen LogP contribution < -0.4 is 20.2 Å². The molecule has 0 aliphatic rings. The Labute approximate surface area is 199 Å². The van der Waals surface area contributed by atoms with Gasteiger partial charge in [0, 0.05) is 5.56 Å². The van der Waals surface area contributed by atoms with E-state index in [0.29, 0.717) is 12.2 Å². The Kier molecular flexibility index (Phi) is 8.99. The van der Waals surface area contributed by atoms with Crippen LogP contribution in [0.3, 0.4) is 0 Å². The van der Waals surface area contributed by atoms with Crippen molar-refractivity contribution < 1.29 is 19.1 Å². The summed E-state index contributed by atoms with van der Waals surface area (Å²) in [7, 11) is 1.59. The first-order valence-corrected chi connectivity index (χ1v) is 10.9. The molecule has 0 atom stereocenters. The van der Waals surface area contributed by atoms with Gasteiger partial charge in [0.05, 0.1) is 19.9 Å². The zero-order chi connectivity index (χ0) is 24.2. The molecule has 0 aliphatic carbocycles. The molecule has 3 rings (SSSR count). The van der Waals surface area contributed by atoms with E-state index in [1.165, 1.54) is 6.21 Å². The summed E-state index contributed by atoms with van der Waals surface area (Å²) in [6.07, 6.45) is 4.01. The summed E-state index contributed by atoms with van der Waals surface area (Å²) < 4.78 is 10.7. The molecule has 34 heavy (non-hydrogen) atoms. The van der Waals surface area contributed by atoms with Crippen molar-refractivity contribution in [2.45, 2.75) is 13.3 Å². The van der Waals surface area contributed by atoms with E-state index in [4.69, 9.17) is 9.47 Å². The van der Waals surface area contributed by atoms with Gasteiger partial charge in [-0.3, -0.25) is 9.59 Å². The van der Waals surface area contributed by atoms with E-state index in [1.807, 2.05) is 49.4 Å². The average Bonchev–Trinajstić information content (AvgIpc) is 2.88. The van der Waals surface area contributed by atoms with Crippen LogP contribution in [0.4, 0.5) is 0 Å². The lowest BCUT2D eigenvalue weighted by molar-refractivity contribution is -0.117. The highest BCUT2D eigenvalue weighted by Gasteiger charge is 2.14. The lowest BCUT2D eigenvalue weighted by Gasteiger charge is -2.10. The second-order valence-corrected chi connectivity index (χ2v) is 7.27. The number of amides is 2. The van der Waals surface area contributed by atoms with E-state index in [1.54, 1.807) is 49.6 Å². The van der Waals surface area contributed by atoms with Crippen LogP contribution in [0.25, 0.3) is 6.08 Å². The normalized spacial score (nSPS) is 11.2. The second kappa shape index (κ2) is 12.6. The fourth-order valence-electron chi connectivity index (χ4n) is 2.90. The predicted octanol–water partition coefficient (Wildman–Crippen LogP) is 4.41. The molecule has 0 aromatic heterocycles. The maximum absolute atomic E-state index is 12.9. The predicted molar refractivity (Wildman–Crippen MR) is 133 cm³/mol. The molecule has 0 saturated heterocycles. The Morgan fingerprint density at radius 2 is 1.53 bits per heavy atom. The third-order valence-electron chi connectivity index (χ3n) is 4.69. The molecule has 2 N–H and O–H groups in total. The van der Waals surface area contributed by atoms with Crippen molar-refractivity contribution in [1.82, 2.24) is 10.7 Å². The van der Waals surface area contributed by atoms with Gasteiger partial charge in [-0.25, -0.2) is 5.43 Å². The Hall–Kier alpha value is -4.39. The smallest absolute Gasteiger partial charge is 0.287 e. The fraction of sp³-hybridized carbons (Fsp3) is 0.148. The Morgan fingerprint density at radius 1 is 0.882 bits per heavy atom. The van der Waals surface area contributed by atoms with Crippen LogP contribution in [-0.2, 0) is 4.79 Å². The number of hydrogen-bond donors (Lipinski definition) is 2. The number of nitrogens with one attached hydrogen (secondary N) is 2. The van der Waals surface area contributed by atoms with E-state index < -0.39 is 11.8 Å². The van der Waals surface area contributed by atoms with Crippen molar-refractivity contribution in [3.63, 3.8) is 0 Å². The van der Waals surface area contributed by atoms with Gasteiger partial charge in [0.2, 0.25) is 0 Å². The van der Waals surface area contributed by atoms with Crippen LogP contribution in [0.1, 0.15) is 34.8 Å². The summed E-state index contributed by atoms with van der Waals surface area (Å²) in [6, 6.07) is 23.1. The number of methoxy groups -OCH3 is 1. The number of rotatable bonds is 10. The van der Waals surface area contributed by atoms with Crippen LogP contribution in [0.5, 0.6) is 11.5 Å². The highest BCUT2D eigenvalue weighted by molar-refractivity contribution is 6.05. The number of benzene rings is 3. The lowest BCUT2D eigenvalue weighted by Crippen LogP contribution is -2.32. The number of nitrogens with zero attached hydrogens (tertiary/aromatic N) is 1. The molecule has 2 amide bonds.